The quantitative estimate of drug-likeness (QED) is 0.0124. The third kappa shape index (κ3) is 24.5. The van der Waals surface area contributed by atoms with Crippen LogP contribution in [0.1, 0.15) is 76.2 Å². The first-order valence-electron chi connectivity index (χ1n) is 36.9. The van der Waals surface area contributed by atoms with Gasteiger partial charge in [0.1, 0.15) is 85.9 Å². The van der Waals surface area contributed by atoms with E-state index < -0.39 is 190 Å². The number of nitrogens with two attached hydrogens (primary N) is 4. The molecule has 5 saturated heterocycles. The summed E-state index contributed by atoms with van der Waals surface area (Å²) in [6.45, 7) is -10.6. The number of nitrogen functional groups attached to an aromatic ring is 3. The Labute approximate surface area is 714 Å². The Balaban J connectivity index is 0.820. The van der Waals surface area contributed by atoms with Crippen LogP contribution in [0.25, 0.3) is 11.2 Å². The number of fused-ring (bicyclic) bond motifs is 1. The van der Waals surface area contributed by atoms with Crippen LogP contribution in [0.5, 0.6) is 0 Å². The molecule has 0 spiro atoms. The van der Waals surface area contributed by atoms with Gasteiger partial charge in [0.25, 0.3) is 16.7 Å². The summed E-state index contributed by atoms with van der Waals surface area (Å²) in [5.74, 6) is -0.948. The predicted molar refractivity (Wildman–Crippen MR) is 437 cm³/mol. The molecule has 6 unspecified atom stereocenters. The second-order valence-electron chi connectivity index (χ2n) is 27.7. The van der Waals surface area contributed by atoms with Crippen molar-refractivity contribution in [3.05, 3.63) is 126 Å². The molecule has 0 saturated carbocycles. The monoisotopic (exact) mass is 1930 g/mol. The van der Waals surface area contributed by atoms with Crippen molar-refractivity contribution in [2.75, 3.05) is 124 Å². The lowest BCUT2D eigenvalue weighted by atomic mass is 9.89. The van der Waals surface area contributed by atoms with E-state index in [0.717, 1.165) is 19.9 Å². The molecule has 11 heterocycles. The average molecular weight is 1930 g/mol. The maximum Gasteiger partial charge on any atom is 0.351 e. The topological polar surface area (TPSA) is 612 Å². The fourth-order valence-electron chi connectivity index (χ4n) is 13.5. The Morgan fingerprint density at radius 3 is 1.87 bits per heavy atom. The Kier molecular flexibility index (Phi) is 33.7. The van der Waals surface area contributed by atoms with Crippen LogP contribution in [0.15, 0.2) is 81.3 Å². The van der Waals surface area contributed by atoms with Gasteiger partial charge in [-0.15, -0.1) is 0 Å². The van der Waals surface area contributed by atoms with E-state index in [9.17, 15) is 52.9 Å². The summed E-state index contributed by atoms with van der Waals surface area (Å²) in [5, 5.41) is 13.2. The molecule has 6 aromatic rings. The molecular formula is C63H89BrN17O30P4S5-3. The van der Waals surface area contributed by atoms with Crippen LogP contribution in [0.4, 0.5) is 17.6 Å². The molecule has 5 aliphatic rings. The van der Waals surface area contributed by atoms with Gasteiger partial charge >= 0.3 is 29.5 Å². The van der Waals surface area contributed by atoms with E-state index in [0.29, 0.717) is 19.6 Å². The van der Waals surface area contributed by atoms with Crippen LogP contribution in [-0.2, 0) is 157 Å². The number of halogens is 1. The number of hydrogen-bond donors (Lipinski definition) is 9. The van der Waals surface area contributed by atoms with E-state index in [4.69, 9.17) is 171 Å². The highest BCUT2D eigenvalue weighted by Gasteiger charge is 2.52. The summed E-state index contributed by atoms with van der Waals surface area (Å²) in [5.41, 5.74) is 13.3. The molecule has 120 heavy (non-hydrogen) atoms. The zero-order chi connectivity index (χ0) is 86.7. The number of aromatic amines is 3. The molecule has 0 aliphatic carbocycles. The van der Waals surface area contributed by atoms with Gasteiger partial charge in [-0.3, -0.25) is 61.5 Å². The molecule has 1 amide bonds. The highest BCUT2D eigenvalue weighted by molar-refractivity contribution is 9.10. The van der Waals surface area contributed by atoms with Gasteiger partial charge < -0.3 is 151 Å². The number of rotatable bonds is 44. The molecule has 5 fully saturated rings. The first-order valence-corrected chi connectivity index (χ1v) is 49.0. The minimum atomic E-state index is -5.00. The van der Waals surface area contributed by atoms with Gasteiger partial charge in [-0.05, 0) is 65.0 Å². The van der Waals surface area contributed by atoms with Crippen LogP contribution >= 0.6 is 41.9 Å². The second-order valence-corrected chi connectivity index (χ2v) is 41.8. The smallest absolute Gasteiger partial charge is 0.351 e. The van der Waals surface area contributed by atoms with Crippen molar-refractivity contribution >= 4 is 136 Å². The summed E-state index contributed by atoms with van der Waals surface area (Å²) >= 11 is 32.2. The number of aryl methyl sites for hydroxylation is 1. The fraction of sp³-hybridized carbons (Fsp3) is 0.651. The summed E-state index contributed by atoms with van der Waals surface area (Å²) in [6.07, 6.45) is -14.8. The van der Waals surface area contributed by atoms with E-state index in [1.54, 1.807) is 0 Å². The van der Waals surface area contributed by atoms with Crippen LogP contribution < -0.4 is 72.6 Å². The van der Waals surface area contributed by atoms with Crippen molar-refractivity contribution in [1.82, 2.24) is 63.0 Å². The van der Waals surface area contributed by atoms with Crippen molar-refractivity contribution in [2.24, 2.45) is 17.6 Å². The molecule has 5 aliphatic heterocycles. The number of aliphatic hydroxyl groups excluding tert-OH is 1. The highest BCUT2D eigenvalue weighted by atomic mass is 79.9. The van der Waals surface area contributed by atoms with Gasteiger partial charge in [0.05, 0.1) is 114 Å². The lowest BCUT2D eigenvalue weighted by molar-refractivity contribution is -0.218. The van der Waals surface area contributed by atoms with Crippen molar-refractivity contribution in [1.29, 1.82) is 0 Å². The highest BCUT2D eigenvalue weighted by Crippen LogP contribution is 2.58. The summed E-state index contributed by atoms with van der Waals surface area (Å²) < 4.78 is 137. The minimum absolute atomic E-state index is 0.0141. The summed E-state index contributed by atoms with van der Waals surface area (Å²) in [4.78, 5) is 141. The van der Waals surface area contributed by atoms with E-state index in [-0.39, 0.29) is 129 Å². The van der Waals surface area contributed by atoms with Gasteiger partial charge in [-0.2, -0.15) is 15.0 Å². The predicted octanol–water partition coefficient (Wildman–Crippen LogP) is -1.12. The molecule has 666 valence electrons. The van der Waals surface area contributed by atoms with Crippen LogP contribution in [0.3, 0.4) is 0 Å². The van der Waals surface area contributed by atoms with Gasteiger partial charge in [-0.25, -0.2) is 24.2 Å². The number of aromatic nitrogens is 12. The second kappa shape index (κ2) is 42.4. The lowest BCUT2D eigenvalue weighted by Gasteiger charge is -2.36. The normalized spacial score (nSPS) is 27.8. The Hall–Kier alpha value is -5.18. The van der Waals surface area contributed by atoms with Gasteiger partial charge in [0, 0.05) is 76.9 Å². The van der Waals surface area contributed by atoms with Crippen LogP contribution in [0.2, 0.25) is 0 Å². The number of nitrogens with one attached hydrogen (secondary N) is 4. The van der Waals surface area contributed by atoms with Crippen molar-refractivity contribution in [2.45, 2.75) is 145 Å². The van der Waals surface area contributed by atoms with E-state index in [1.807, 2.05) is 13.8 Å². The molecule has 6 aromatic heterocycles. The van der Waals surface area contributed by atoms with Crippen molar-refractivity contribution in [3.8, 4) is 0 Å². The molecule has 47 nitrogen and oxygen atoms in total. The number of imidazole rings is 1. The number of anilines is 3. The number of H-pyrrole nitrogens is 3. The molecule has 21 atom stereocenters. The maximum absolute atomic E-state index is 15.0. The summed E-state index contributed by atoms with van der Waals surface area (Å²) in [6, 6.07) is 2.72. The number of nitrogens with zero attached hydrogens (tertiary/aromatic N) is 9. The summed E-state index contributed by atoms with van der Waals surface area (Å²) in [7, 11) is 2.37. The van der Waals surface area contributed by atoms with Gasteiger partial charge in [0.15, 0.2) is 30.4 Å². The number of carbonyl (C=O) groups is 1. The molecule has 11 rings (SSSR count). The zero-order valence-electron chi connectivity index (χ0n) is 64.5. The van der Waals surface area contributed by atoms with Crippen LogP contribution in [0, 0.1) is 18.8 Å². The number of methoxy groups -OCH3 is 2. The van der Waals surface area contributed by atoms with Gasteiger partial charge in [-0.1, -0.05) is 37.5 Å². The first kappa shape index (κ1) is 95.5. The standard InChI is InChI=1S/C63H92BrN17O30P4S5/c1-31(2)33-20-45(77-11-6-42(66)71-60(77)87)103-38(33)26-101-114(118,98-19-18-97-17-16-96-15-10-69-44(83)8-13-95-14-9-65)108-35-21-46(79-23-32(3)54(84)75-62(79)89)104-40(35)28-102-115(119,120)109-36-22-47(81-30-70-48-53(81)73-59(68)74-56(48)86)105-39(36)27-99-112(91,116)111-50-41(107-57(52(50)94-5)78-12-7-43(67)72-61(78)88)29-100-113(92,117)110-49-37(25-82)106-58(51(49)93-4)80-24-34(64)55(85)76-63(80)90/h6-7,11-12,23-24,30-31,33,35-41,45-47,49-52,57-58,82H,8-10,13-22,25-29,65H2,1-5H3,(H,69,83)(H,91,116)(H,92,117)(H,119,120)(H2,66,71,87)(H2,67,72,88)(H,75,84,89)(H,76,85,90)(H3,68,73,74,86)/p-3/t33-,35+,36+,37+,38+,39+,40+,41+,45+,46+,47+,49-,50-,51?,52?,57+,58+,112?,113?,114?/m0/s1. The molecule has 0 bridgehead atoms. The number of amides is 1. The number of hydrogen-bond acceptors (Lipinski definition) is 43. The SMILES string of the molecule is COC1[C@@H](OP(=O)([S-])OC[C@H]2O[C@@H](n3cnc4c(=O)[nH]c(N)nc43)C[C@H]2OP(=S)([S-])OC[C@H]2O[C@@H](n3cc(C)c(=O)[nH]c3=O)C[C@H]2OP(=S)(OCCOCCOCCNC(=O)CCOCCN)OC[C@H]2O[C@@H](n3ccc(N)nc3=O)C[C@H]2C(C)C)[C@@H](COP([O-])(=S)O[C@@H]2C(OC)[C@H](n3cc(Br)c(=O)[nH]c3=O)O[C@@H]2CO)O[C@H]1n1ccc(N)nc1=O. The zero-order valence-corrected chi connectivity index (χ0v) is 73.7. The molecule has 57 heteroatoms. The van der Waals surface area contributed by atoms with Crippen molar-refractivity contribution < 1.29 is 107 Å². The van der Waals surface area contributed by atoms with Crippen molar-refractivity contribution in [3.63, 3.8) is 0 Å². The lowest BCUT2D eigenvalue weighted by Crippen LogP contribution is -2.41. The number of aliphatic hydroxyl groups is 1. The number of ether oxygens (including phenoxy) is 10. The fourth-order valence-corrected chi connectivity index (χ4v) is 20.8. The molecule has 0 radical (unpaired) electrons. The van der Waals surface area contributed by atoms with E-state index in [2.05, 4.69) is 56.1 Å². The van der Waals surface area contributed by atoms with Crippen LogP contribution in [-0.4, -0.2) is 242 Å². The molecule has 0 aromatic carbocycles. The largest absolute Gasteiger partial charge is 0.780 e. The third-order valence-electron chi connectivity index (χ3n) is 19.3. The minimum Gasteiger partial charge on any atom is -0.780 e. The first-order chi connectivity index (χ1) is 57.0. The van der Waals surface area contributed by atoms with E-state index >= 15 is 0 Å². The molecular weight excluding hydrogens is 1840 g/mol. The Bertz CT molecular complexity index is 5210. The number of carbonyl (C=O) groups excluding carboxylic acids is 1. The maximum atomic E-state index is 15.0. The molecule has 13 N–H and O–H groups in total. The Morgan fingerprint density at radius 1 is 0.642 bits per heavy atom. The van der Waals surface area contributed by atoms with Gasteiger partial charge in [0.2, 0.25) is 11.9 Å². The third-order valence-corrected chi connectivity index (χ3v) is 27.4. The average Bonchev–Trinajstić information content (AvgIpc) is 1.65. The Morgan fingerprint density at radius 2 is 1.21 bits per heavy atom. The van der Waals surface area contributed by atoms with E-state index in [1.165, 1.54) is 67.3 Å².